The van der Waals surface area contributed by atoms with Crippen LogP contribution in [0.1, 0.15) is 48.5 Å². The standard InChI is InChI=1S/C22H26N2O3/c1-3-14-27-20-15-16(2)7-12-19(20)23-22(26)17-8-10-18(11-9-17)24-13-5-4-6-21(24)25/h7-12,15H,3-6,13-14H2,1-2H3,(H,23,26). The largest absolute Gasteiger partial charge is 0.491 e. The highest BCUT2D eigenvalue weighted by atomic mass is 16.5. The number of hydrogen-bond donors (Lipinski definition) is 1. The summed E-state index contributed by atoms with van der Waals surface area (Å²) in [7, 11) is 0. The Bertz CT molecular complexity index is 815. The summed E-state index contributed by atoms with van der Waals surface area (Å²) in [5.74, 6) is 0.633. The number of nitrogens with one attached hydrogen (secondary N) is 1. The Balaban J connectivity index is 1.72. The fourth-order valence-electron chi connectivity index (χ4n) is 3.13. The number of nitrogens with zero attached hydrogens (tertiary/aromatic N) is 1. The summed E-state index contributed by atoms with van der Waals surface area (Å²) in [5, 5.41) is 2.93. The first kappa shape index (κ1) is 19.0. The number of hydrogen-bond acceptors (Lipinski definition) is 3. The van der Waals surface area contributed by atoms with Crippen molar-refractivity contribution in [2.45, 2.75) is 39.5 Å². The van der Waals surface area contributed by atoms with Crippen molar-refractivity contribution >= 4 is 23.2 Å². The fourth-order valence-corrected chi connectivity index (χ4v) is 3.13. The number of carbonyl (C=O) groups is 2. The van der Waals surface area contributed by atoms with E-state index in [9.17, 15) is 9.59 Å². The molecule has 1 saturated heterocycles. The number of rotatable bonds is 6. The molecule has 5 heteroatoms. The molecule has 2 amide bonds. The maximum Gasteiger partial charge on any atom is 0.255 e. The van der Waals surface area contributed by atoms with E-state index >= 15 is 0 Å². The van der Waals surface area contributed by atoms with Crippen LogP contribution in [0.2, 0.25) is 0 Å². The van der Waals surface area contributed by atoms with Gasteiger partial charge in [-0.25, -0.2) is 0 Å². The lowest BCUT2D eigenvalue weighted by molar-refractivity contribution is -0.119. The van der Waals surface area contributed by atoms with Crippen LogP contribution in [-0.4, -0.2) is 25.0 Å². The van der Waals surface area contributed by atoms with E-state index in [-0.39, 0.29) is 11.8 Å². The highest BCUT2D eigenvalue weighted by Crippen LogP contribution is 2.27. The number of piperidine rings is 1. The van der Waals surface area contributed by atoms with Gasteiger partial charge in [-0.1, -0.05) is 13.0 Å². The number of amides is 2. The zero-order chi connectivity index (χ0) is 19.2. The summed E-state index contributed by atoms with van der Waals surface area (Å²) in [6.45, 7) is 5.38. The van der Waals surface area contributed by atoms with E-state index in [1.165, 1.54) is 0 Å². The van der Waals surface area contributed by atoms with Crippen molar-refractivity contribution in [3.05, 3.63) is 53.6 Å². The Morgan fingerprint density at radius 1 is 1.15 bits per heavy atom. The fraction of sp³-hybridized carbons (Fsp3) is 0.364. The zero-order valence-electron chi connectivity index (χ0n) is 16.0. The summed E-state index contributed by atoms with van der Waals surface area (Å²) < 4.78 is 5.76. The van der Waals surface area contributed by atoms with Crippen LogP contribution < -0.4 is 15.0 Å². The van der Waals surface area contributed by atoms with Crippen LogP contribution in [0, 0.1) is 6.92 Å². The molecule has 1 heterocycles. The molecule has 3 rings (SSSR count). The van der Waals surface area contributed by atoms with E-state index in [2.05, 4.69) is 5.32 Å². The van der Waals surface area contributed by atoms with Gasteiger partial charge < -0.3 is 15.0 Å². The summed E-state index contributed by atoms with van der Waals surface area (Å²) in [4.78, 5) is 26.5. The number of anilines is 2. The van der Waals surface area contributed by atoms with Gasteiger partial charge in [0.2, 0.25) is 5.91 Å². The maximum atomic E-state index is 12.6. The molecule has 0 aliphatic carbocycles. The van der Waals surface area contributed by atoms with Crippen molar-refractivity contribution in [3.8, 4) is 5.75 Å². The molecule has 2 aromatic carbocycles. The molecule has 1 aliphatic heterocycles. The first-order valence-electron chi connectivity index (χ1n) is 9.53. The van der Waals surface area contributed by atoms with E-state index in [0.717, 1.165) is 37.1 Å². The maximum absolute atomic E-state index is 12.6. The second kappa shape index (κ2) is 8.71. The third kappa shape index (κ3) is 4.67. The lowest BCUT2D eigenvalue weighted by Gasteiger charge is -2.26. The number of carbonyl (C=O) groups excluding carboxylic acids is 2. The van der Waals surface area contributed by atoms with Crippen molar-refractivity contribution in [1.29, 1.82) is 0 Å². The topological polar surface area (TPSA) is 58.6 Å². The highest BCUT2D eigenvalue weighted by Gasteiger charge is 2.20. The van der Waals surface area contributed by atoms with E-state index in [4.69, 9.17) is 4.74 Å². The molecule has 0 saturated carbocycles. The van der Waals surface area contributed by atoms with E-state index in [1.807, 2.05) is 44.2 Å². The molecule has 0 unspecified atom stereocenters. The van der Waals surface area contributed by atoms with Gasteiger partial charge in [0, 0.05) is 24.2 Å². The van der Waals surface area contributed by atoms with Gasteiger partial charge in [-0.3, -0.25) is 9.59 Å². The Hall–Kier alpha value is -2.82. The summed E-state index contributed by atoms with van der Waals surface area (Å²) in [6.07, 6.45) is 3.46. The van der Waals surface area contributed by atoms with Crippen LogP contribution in [-0.2, 0) is 4.79 Å². The third-order valence-electron chi connectivity index (χ3n) is 4.61. The van der Waals surface area contributed by atoms with Crippen LogP contribution in [0.25, 0.3) is 0 Å². The predicted molar refractivity (Wildman–Crippen MR) is 108 cm³/mol. The Labute approximate surface area is 160 Å². The van der Waals surface area contributed by atoms with Crippen LogP contribution in [0.4, 0.5) is 11.4 Å². The van der Waals surface area contributed by atoms with Crippen molar-refractivity contribution in [2.24, 2.45) is 0 Å². The quantitative estimate of drug-likeness (QED) is 0.816. The molecule has 1 fully saturated rings. The Morgan fingerprint density at radius 3 is 2.63 bits per heavy atom. The van der Waals surface area contributed by atoms with Gasteiger partial charge in [0.15, 0.2) is 0 Å². The summed E-state index contributed by atoms with van der Waals surface area (Å²) in [6, 6.07) is 12.9. The molecule has 27 heavy (non-hydrogen) atoms. The SMILES string of the molecule is CCCOc1cc(C)ccc1NC(=O)c1ccc(N2CCCCC2=O)cc1. The molecule has 0 bridgehead atoms. The average Bonchev–Trinajstić information content (AvgIpc) is 2.68. The first-order valence-corrected chi connectivity index (χ1v) is 9.53. The molecular formula is C22H26N2O3. The molecule has 2 aromatic rings. The smallest absolute Gasteiger partial charge is 0.255 e. The van der Waals surface area contributed by atoms with Crippen LogP contribution in [0.15, 0.2) is 42.5 Å². The second-order valence-corrected chi connectivity index (χ2v) is 6.85. The van der Waals surface area contributed by atoms with Crippen LogP contribution in [0.5, 0.6) is 5.75 Å². The minimum atomic E-state index is -0.197. The molecular weight excluding hydrogens is 340 g/mol. The molecule has 0 aromatic heterocycles. The second-order valence-electron chi connectivity index (χ2n) is 6.85. The predicted octanol–water partition coefficient (Wildman–Crippen LogP) is 4.55. The summed E-state index contributed by atoms with van der Waals surface area (Å²) in [5.41, 5.74) is 3.13. The van der Waals surface area contributed by atoms with Gasteiger partial charge in [0.25, 0.3) is 5.91 Å². The summed E-state index contributed by atoms with van der Waals surface area (Å²) >= 11 is 0. The number of ether oxygens (including phenoxy) is 1. The number of benzene rings is 2. The zero-order valence-corrected chi connectivity index (χ0v) is 16.0. The van der Waals surface area contributed by atoms with E-state index < -0.39 is 0 Å². The van der Waals surface area contributed by atoms with Gasteiger partial charge in [-0.2, -0.15) is 0 Å². The average molecular weight is 366 g/mol. The van der Waals surface area contributed by atoms with Gasteiger partial charge in [0.05, 0.1) is 12.3 Å². The molecule has 0 radical (unpaired) electrons. The van der Waals surface area contributed by atoms with Crippen molar-refractivity contribution in [1.82, 2.24) is 0 Å². The minimum absolute atomic E-state index is 0.149. The molecule has 0 atom stereocenters. The van der Waals surface area contributed by atoms with Crippen molar-refractivity contribution < 1.29 is 14.3 Å². The minimum Gasteiger partial charge on any atom is -0.491 e. The monoisotopic (exact) mass is 366 g/mol. The van der Waals surface area contributed by atoms with E-state index in [1.54, 1.807) is 17.0 Å². The third-order valence-corrected chi connectivity index (χ3v) is 4.61. The molecule has 1 aliphatic rings. The molecule has 5 nitrogen and oxygen atoms in total. The van der Waals surface area contributed by atoms with Gasteiger partial charge in [-0.05, 0) is 68.1 Å². The lowest BCUT2D eigenvalue weighted by atomic mass is 10.1. The molecule has 0 spiro atoms. The van der Waals surface area contributed by atoms with Crippen LogP contribution in [0.3, 0.4) is 0 Å². The molecule has 1 N–H and O–H groups in total. The normalized spacial score (nSPS) is 14.1. The molecule has 142 valence electrons. The van der Waals surface area contributed by atoms with Crippen molar-refractivity contribution in [2.75, 3.05) is 23.4 Å². The van der Waals surface area contributed by atoms with Gasteiger partial charge in [-0.15, -0.1) is 0 Å². The van der Waals surface area contributed by atoms with Gasteiger partial charge in [0.1, 0.15) is 5.75 Å². The van der Waals surface area contributed by atoms with Crippen LogP contribution >= 0.6 is 0 Å². The number of aryl methyl sites for hydroxylation is 1. The van der Waals surface area contributed by atoms with E-state index in [0.29, 0.717) is 30.0 Å². The van der Waals surface area contributed by atoms with Gasteiger partial charge >= 0.3 is 0 Å². The first-order chi connectivity index (χ1) is 13.1. The Kier molecular flexibility index (Phi) is 6.12. The lowest BCUT2D eigenvalue weighted by Crippen LogP contribution is -2.35. The van der Waals surface area contributed by atoms with Crippen molar-refractivity contribution in [3.63, 3.8) is 0 Å². The Morgan fingerprint density at radius 2 is 1.93 bits per heavy atom. The highest BCUT2D eigenvalue weighted by molar-refractivity contribution is 6.05.